The third-order valence-electron chi connectivity index (χ3n) is 4.95. The van der Waals surface area contributed by atoms with Gasteiger partial charge in [0.2, 0.25) is 0 Å². The van der Waals surface area contributed by atoms with Gasteiger partial charge in [0.15, 0.2) is 5.75 Å². The second-order valence-corrected chi connectivity index (χ2v) is 6.58. The minimum absolute atomic E-state index is 0.170. The maximum atomic E-state index is 11.2. The molecule has 6 nitrogen and oxygen atoms in total. The highest BCUT2D eigenvalue weighted by molar-refractivity contribution is 5.96. The van der Waals surface area contributed by atoms with Crippen LogP contribution in [0.3, 0.4) is 0 Å². The third-order valence-corrected chi connectivity index (χ3v) is 4.95. The van der Waals surface area contributed by atoms with E-state index in [-0.39, 0.29) is 11.6 Å². The van der Waals surface area contributed by atoms with Crippen LogP contribution in [0, 0.1) is 0 Å². The number of methoxy groups -OCH3 is 1. The molecule has 0 saturated carbocycles. The second kappa shape index (κ2) is 7.25. The highest BCUT2D eigenvalue weighted by Crippen LogP contribution is 2.36. The number of ether oxygens (including phenoxy) is 1. The monoisotopic (exact) mass is 363 g/mol. The van der Waals surface area contributed by atoms with Crippen LogP contribution in [0.5, 0.6) is 5.75 Å². The van der Waals surface area contributed by atoms with Crippen molar-refractivity contribution in [2.45, 2.75) is 6.04 Å². The first-order valence-corrected chi connectivity index (χ1v) is 8.90. The number of rotatable bonds is 4. The Morgan fingerprint density at radius 1 is 1.26 bits per heavy atom. The average molecular weight is 363 g/mol. The molecular formula is C21H21N3O3. The lowest BCUT2D eigenvalue weighted by atomic mass is 10.0. The summed E-state index contributed by atoms with van der Waals surface area (Å²) < 4.78 is 5.68. The van der Waals surface area contributed by atoms with Crippen molar-refractivity contribution >= 4 is 22.6 Å². The van der Waals surface area contributed by atoms with Crippen LogP contribution >= 0.6 is 0 Å². The summed E-state index contributed by atoms with van der Waals surface area (Å²) in [7, 11) is 1.63. The number of aromatic nitrogens is 1. The number of nitrogens with one attached hydrogen (secondary N) is 1. The molecular weight excluding hydrogens is 342 g/mol. The first-order chi connectivity index (χ1) is 13.2. The van der Waals surface area contributed by atoms with Gasteiger partial charge in [-0.25, -0.2) is 4.79 Å². The quantitative estimate of drug-likeness (QED) is 0.742. The molecule has 2 heterocycles. The SMILES string of the molecule is COc1c(N2CCNC(c3ccccc3)C2)ccc2cc(C(=O)O)cnc12. The number of hydrogen-bond donors (Lipinski definition) is 2. The zero-order chi connectivity index (χ0) is 18.8. The minimum Gasteiger partial charge on any atom is -0.492 e. The number of carboxylic acids is 1. The Balaban J connectivity index is 1.70. The number of aromatic carboxylic acids is 1. The number of fused-ring (bicyclic) bond motifs is 1. The molecule has 1 aliphatic rings. The number of benzene rings is 2. The largest absolute Gasteiger partial charge is 0.492 e. The summed E-state index contributed by atoms with van der Waals surface area (Å²) >= 11 is 0. The summed E-state index contributed by atoms with van der Waals surface area (Å²) in [5.74, 6) is -0.307. The van der Waals surface area contributed by atoms with Crippen LogP contribution in [-0.4, -0.2) is 42.8 Å². The molecule has 1 saturated heterocycles. The fourth-order valence-electron chi connectivity index (χ4n) is 3.61. The van der Waals surface area contributed by atoms with Gasteiger partial charge in [-0.05, 0) is 17.7 Å². The van der Waals surface area contributed by atoms with Crippen molar-refractivity contribution in [3.63, 3.8) is 0 Å². The number of nitrogens with zero attached hydrogens (tertiary/aromatic N) is 2. The Kier molecular flexibility index (Phi) is 4.64. The summed E-state index contributed by atoms with van der Waals surface area (Å²) in [5.41, 5.74) is 3.08. The lowest BCUT2D eigenvalue weighted by Crippen LogP contribution is -2.46. The van der Waals surface area contributed by atoms with Gasteiger partial charge in [-0.2, -0.15) is 0 Å². The van der Waals surface area contributed by atoms with Gasteiger partial charge in [-0.1, -0.05) is 36.4 Å². The van der Waals surface area contributed by atoms with Crippen molar-refractivity contribution in [1.82, 2.24) is 10.3 Å². The van der Waals surface area contributed by atoms with Gasteiger partial charge in [-0.3, -0.25) is 4.98 Å². The highest BCUT2D eigenvalue weighted by Gasteiger charge is 2.24. The van der Waals surface area contributed by atoms with E-state index in [9.17, 15) is 9.90 Å². The van der Waals surface area contributed by atoms with Gasteiger partial charge >= 0.3 is 5.97 Å². The highest BCUT2D eigenvalue weighted by atomic mass is 16.5. The van der Waals surface area contributed by atoms with Gasteiger partial charge < -0.3 is 20.1 Å². The van der Waals surface area contributed by atoms with Crippen LogP contribution in [0.4, 0.5) is 5.69 Å². The fourth-order valence-corrected chi connectivity index (χ4v) is 3.61. The molecule has 1 aliphatic heterocycles. The number of anilines is 1. The molecule has 0 bridgehead atoms. The average Bonchev–Trinajstić information content (AvgIpc) is 2.73. The Morgan fingerprint density at radius 2 is 2.07 bits per heavy atom. The number of pyridine rings is 1. The van der Waals surface area contributed by atoms with Crippen molar-refractivity contribution < 1.29 is 14.6 Å². The minimum atomic E-state index is -0.986. The molecule has 1 unspecified atom stereocenters. The lowest BCUT2D eigenvalue weighted by molar-refractivity contribution is 0.0696. The van der Waals surface area contributed by atoms with Crippen LogP contribution in [0.25, 0.3) is 10.9 Å². The van der Waals surface area contributed by atoms with Gasteiger partial charge in [0.25, 0.3) is 0 Å². The Hall–Kier alpha value is -3.12. The summed E-state index contributed by atoms with van der Waals surface area (Å²) in [4.78, 5) is 17.8. The lowest BCUT2D eigenvalue weighted by Gasteiger charge is -2.36. The molecule has 3 aromatic rings. The van der Waals surface area contributed by atoms with E-state index in [4.69, 9.17) is 4.74 Å². The number of hydrogen-bond acceptors (Lipinski definition) is 5. The maximum absolute atomic E-state index is 11.2. The van der Waals surface area contributed by atoms with E-state index in [0.717, 1.165) is 30.7 Å². The van der Waals surface area contributed by atoms with Crippen LogP contribution in [0.1, 0.15) is 22.0 Å². The standard InChI is InChI=1S/C21H21N3O3/c1-27-20-18(8-7-15-11-16(21(25)26)12-23-19(15)20)24-10-9-22-17(13-24)14-5-3-2-4-6-14/h2-8,11-12,17,22H,9-10,13H2,1H3,(H,25,26). The Morgan fingerprint density at radius 3 is 2.81 bits per heavy atom. The van der Waals surface area contributed by atoms with Gasteiger partial charge in [0.05, 0.1) is 18.4 Å². The van der Waals surface area contributed by atoms with E-state index >= 15 is 0 Å². The second-order valence-electron chi connectivity index (χ2n) is 6.58. The Bertz CT molecular complexity index is 975. The van der Waals surface area contributed by atoms with Crippen molar-refractivity contribution in [1.29, 1.82) is 0 Å². The van der Waals surface area contributed by atoms with E-state index in [1.165, 1.54) is 11.8 Å². The maximum Gasteiger partial charge on any atom is 0.337 e. The van der Waals surface area contributed by atoms with Crippen LogP contribution in [-0.2, 0) is 0 Å². The van der Waals surface area contributed by atoms with E-state index in [2.05, 4.69) is 39.5 Å². The molecule has 1 aromatic heterocycles. The first-order valence-electron chi connectivity index (χ1n) is 8.90. The summed E-state index contributed by atoms with van der Waals surface area (Å²) in [6, 6.07) is 16.2. The van der Waals surface area contributed by atoms with E-state index in [0.29, 0.717) is 11.3 Å². The molecule has 0 radical (unpaired) electrons. The zero-order valence-corrected chi connectivity index (χ0v) is 15.1. The van der Waals surface area contributed by atoms with Gasteiger partial charge in [0, 0.05) is 37.3 Å². The predicted octanol–water partition coefficient (Wildman–Crippen LogP) is 3.09. The molecule has 2 aromatic carbocycles. The summed E-state index contributed by atoms with van der Waals surface area (Å²) in [6.07, 6.45) is 1.38. The third kappa shape index (κ3) is 3.31. The van der Waals surface area contributed by atoms with Gasteiger partial charge in [-0.15, -0.1) is 0 Å². The van der Waals surface area contributed by atoms with Crippen molar-refractivity contribution in [3.8, 4) is 5.75 Å². The Labute approximate surface area is 157 Å². The molecule has 27 heavy (non-hydrogen) atoms. The van der Waals surface area contributed by atoms with Crippen molar-refractivity contribution in [2.75, 3.05) is 31.6 Å². The zero-order valence-electron chi connectivity index (χ0n) is 15.1. The first kappa shape index (κ1) is 17.3. The molecule has 1 atom stereocenters. The van der Waals surface area contributed by atoms with E-state index < -0.39 is 5.97 Å². The fraction of sp³-hybridized carbons (Fsp3) is 0.238. The molecule has 138 valence electrons. The van der Waals surface area contributed by atoms with Crippen LogP contribution in [0.2, 0.25) is 0 Å². The van der Waals surface area contributed by atoms with Crippen LogP contribution < -0.4 is 15.0 Å². The molecule has 4 rings (SSSR count). The molecule has 0 amide bonds. The smallest absolute Gasteiger partial charge is 0.337 e. The number of piperazine rings is 1. The molecule has 6 heteroatoms. The molecule has 0 aliphatic carbocycles. The predicted molar refractivity (Wildman–Crippen MR) is 105 cm³/mol. The molecule has 2 N–H and O–H groups in total. The normalized spacial score (nSPS) is 17.1. The number of carboxylic acid groups (broad SMARTS) is 1. The molecule has 1 fully saturated rings. The molecule has 0 spiro atoms. The van der Waals surface area contributed by atoms with Crippen LogP contribution in [0.15, 0.2) is 54.7 Å². The summed E-state index contributed by atoms with van der Waals surface area (Å²) in [6.45, 7) is 2.55. The number of carbonyl (C=O) groups is 1. The topological polar surface area (TPSA) is 74.7 Å². The van der Waals surface area contributed by atoms with Gasteiger partial charge in [0.1, 0.15) is 5.52 Å². The van der Waals surface area contributed by atoms with E-state index in [1.807, 2.05) is 18.2 Å². The van der Waals surface area contributed by atoms with Crippen molar-refractivity contribution in [3.05, 3.63) is 65.9 Å². The summed E-state index contributed by atoms with van der Waals surface area (Å²) in [5, 5.41) is 13.5. The van der Waals surface area contributed by atoms with E-state index in [1.54, 1.807) is 13.2 Å². The van der Waals surface area contributed by atoms with Crippen molar-refractivity contribution in [2.24, 2.45) is 0 Å².